The Kier molecular flexibility index (Phi) is 5.85. The number of carbonyl (C=O) groups is 1. The van der Waals surface area contributed by atoms with Crippen LogP contribution in [-0.4, -0.2) is 35.0 Å². The van der Waals surface area contributed by atoms with E-state index in [-0.39, 0.29) is 23.3 Å². The third kappa shape index (κ3) is 4.09. The lowest BCUT2D eigenvalue weighted by Crippen LogP contribution is -2.39. The van der Waals surface area contributed by atoms with E-state index >= 15 is 0 Å². The topological polar surface area (TPSA) is 54.0 Å². The second-order valence-corrected chi connectivity index (χ2v) is 6.38. The van der Waals surface area contributed by atoms with Gasteiger partial charge in [0.1, 0.15) is 0 Å². The van der Waals surface area contributed by atoms with Gasteiger partial charge in [-0.2, -0.15) is 11.8 Å². The van der Waals surface area contributed by atoms with Crippen molar-refractivity contribution in [1.82, 2.24) is 10.3 Å². The lowest BCUT2D eigenvalue weighted by Gasteiger charge is -2.28. The van der Waals surface area contributed by atoms with Crippen molar-refractivity contribution in [3.8, 4) is 0 Å². The first-order valence-electron chi connectivity index (χ1n) is 7.37. The van der Waals surface area contributed by atoms with Crippen LogP contribution in [0.4, 0.5) is 10.2 Å². The minimum atomic E-state index is -0.575. The van der Waals surface area contributed by atoms with Gasteiger partial charge >= 0.3 is 0 Å². The maximum atomic E-state index is 14.2. The van der Waals surface area contributed by atoms with Crippen LogP contribution in [0.1, 0.15) is 43.0 Å². The molecule has 1 aromatic rings. The molecule has 1 heterocycles. The number of hydrogen-bond donors (Lipinski definition) is 2. The summed E-state index contributed by atoms with van der Waals surface area (Å²) in [6, 6.07) is 1.57. The van der Waals surface area contributed by atoms with Crippen LogP contribution in [0.15, 0.2) is 12.3 Å². The summed E-state index contributed by atoms with van der Waals surface area (Å²) in [4.78, 5) is 16.2. The van der Waals surface area contributed by atoms with E-state index in [9.17, 15) is 9.18 Å². The van der Waals surface area contributed by atoms with Gasteiger partial charge in [0.25, 0.3) is 5.91 Å². The van der Waals surface area contributed by atoms with E-state index < -0.39 is 5.82 Å². The zero-order valence-electron chi connectivity index (χ0n) is 12.5. The zero-order valence-corrected chi connectivity index (χ0v) is 13.3. The molecule has 2 rings (SSSR count). The molecule has 116 valence electrons. The molecular formula is C15H22FN3OS. The fourth-order valence-electron chi connectivity index (χ4n) is 2.66. The van der Waals surface area contributed by atoms with Gasteiger partial charge in [-0.3, -0.25) is 4.79 Å². The van der Waals surface area contributed by atoms with Crippen molar-refractivity contribution in [2.24, 2.45) is 0 Å². The molecule has 1 aromatic heterocycles. The van der Waals surface area contributed by atoms with Gasteiger partial charge in [-0.1, -0.05) is 6.42 Å². The largest absolute Gasteiger partial charge is 0.368 e. The van der Waals surface area contributed by atoms with Crippen LogP contribution in [0.25, 0.3) is 0 Å². The quantitative estimate of drug-likeness (QED) is 0.877. The third-order valence-electron chi connectivity index (χ3n) is 3.77. The van der Waals surface area contributed by atoms with E-state index in [1.165, 1.54) is 18.7 Å². The molecule has 0 bridgehead atoms. The van der Waals surface area contributed by atoms with Gasteiger partial charge in [-0.25, -0.2) is 9.37 Å². The Morgan fingerprint density at radius 1 is 1.52 bits per heavy atom. The molecule has 2 N–H and O–H groups in total. The number of carbonyl (C=O) groups excluding carboxylic acids is 1. The first-order valence-corrected chi connectivity index (χ1v) is 8.66. The summed E-state index contributed by atoms with van der Waals surface area (Å²) in [6.07, 6.45) is 7.79. The Balaban J connectivity index is 2.04. The Morgan fingerprint density at radius 2 is 2.33 bits per heavy atom. The fourth-order valence-corrected chi connectivity index (χ4v) is 3.49. The Hall–Kier alpha value is -1.30. The second-order valence-electron chi connectivity index (χ2n) is 5.25. The summed E-state index contributed by atoms with van der Waals surface area (Å²) in [7, 11) is 0. The number of anilines is 1. The number of nitrogens with one attached hydrogen (secondary N) is 2. The van der Waals surface area contributed by atoms with E-state index in [0.717, 1.165) is 19.3 Å². The van der Waals surface area contributed by atoms with Crippen molar-refractivity contribution in [3.05, 3.63) is 23.6 Å². The summed E-state index contributed by atoms with van der Waals surface area (Å²) in [5.74, 6) is -0.786. The molecule has 0 saturated heterocycles. The lowest BCUT2D eigenvalue weighted by atomic mass is 9.94. The van der Waals surface area contributed by atoms with E-state index in [2.05, 4.69) is 21.9 Å². The maximum Gasteiger partial charge on any atom is 0.254 e. The first-order chi connectivity index (χ1) is 10.2. The number of thioether (sulfide) groups is 1. The fraction of sp³-hybridized carbons (Fsp3) is 0.600. The standard InChI is InChI=1S/C15H22FN3OS/c1-3-17-14-13(16)12(7-8-18-14)15(20)19-10-5-4-6-11(9-10)21-2/h7-8,10-11H,3-6,9H2,1-2H3,(H,17,18)(H,19,20). The van der Waals surface area contributed by atoms with Crippen LogP contribution in [0.5, 0.6) is 0 Å². The van der Waals surface area contributed by atoms with Crippen molar-refractivity contribution in [2.75, 3.05) is 18.1 Å². The molecule has 2 atom stereocenters. The van der Waals surface area contributed by atoms with Gasteiger partial charge in [-0.05, 0) is 38.5 Å². The summed E-state index contributed by atoms with van der Waals surface area (Å²) < 4.78 is 14.2. The highest BCUT2D eigenvalue weighted by Crippen LogP contribution is 2.27. The molecule has 0 aliphatic heterocycles. The molecule has 0 radical (unpaired) electrons. The zero-order chi connectivity index (χ0) is 15.2. The average molecular weight is 311 g/mol. The normalized spacial score (nSPS) is 21.9. The lowest BCUT2D eigenvalue weighted by molar-refractivity contribution is 0.0924. The molecule has 0 aromatic carbocycles. The van der Waals surface area contributed by atoms with Gasteiger partial charge in [0.15, 0.2) is 11.6 Å². The van der Waals surface area contributed by atoms with Gasteiger partial charge in [0.2, 0.25) is 0 Å². The Morgan fingerprint density at radius 3 is 3.05 bits per heavy atom. The van der Waals surface area contributed by atoms with Gasteiger partial charge in [0.05, 0.1) is 5.56 Å². The van der Waals surface area contributed by atoms with Crippen molar-refractivity contribution >= 4 is 23.5 Å². The number of halogens is 1. The number of amides is 1. The summed E-state index contributed by atoms with van der Waals surface area (Å²) >= 11 is 1.84. The smallest absolute Gasteiger partial charge is 0.254 e. The highest BCUT2D eigenvalue weighted by molar-refractivity contribution is 7.99. The number of aromatic nitrogens is 1. The number of rotatable bonds is 5. The monoisotopic (exact) mass is 311 g/mol. The molecule has 1 aliphatic carbocycles. The average Bonchev–Trinajstić information content (AvgIpc) is 2.49. The van der Waals surface area contributed by atoms with Crippen LogP contribution in [0, 0.1) is 5.82 Å². The van der Waals surface area contributed by atoms with E-state index in [1.54, 1.807) is 0 Å². The van der Waals surface area contributed by atoms with Crippen molar-refractivity contribution < 1.29 is 9.18 Å². The minimum absolute atomic E-state index is 0.0622. The van der Waals surface area contributed by atoms with Crippen LogP contribution in [-0.2, 0) is 0 Å². The van der Waals surface area contributed by atoms with Crippen LogP contribution >= 0.6 is 11.8 Å². The van der Waals surface area contributed by atoms with E-state index in [0.29, 0.717) is 11.8 Å². The van der Waals surface area contributed by atoms with E-state index in [1.807, 2.05) is 18.7 Å². The number of hydrogen-bond acceptors (Lipinski definition) is 4. The molecule has 4 nitrogen and oxygen atoms in total. The van der Waals surface area contributed by atoms with Gasteiger partial charge < -0.3 is 10.6 Å². The van der Waals surface area contributed by atoms with Crippen LogP contribution in [0.3, 0.4) is 0 Å². The second kappa shape index (κ2) is 7.64. The van der Waals surface area contributed by atoms with Crippen molar-refractivity contribution in [2.45, 2.75) is 43.9 Å². The predicted molar refractivity (Wildman–Crippen MR) is 85.4 cm³/mol. The number of nitrogens with zero attached hydrogens (tertiary/aromatic N) is 1. The summed E-state index contributed by atoms with van der Waals surface area (Å²) in [5.41, 5.74) is 0.0622. The molecular weight excluding hydrogens is 289 g/mol. The first kappa shape index (κ1) is 16.1. The molecule has 1 saturated carbocycles. The highest BCUT2D eigenvalue weighted by atomic mass is 32.2. The van der Waals surface area contributed by atoms with Crippen molar-refractivity contribution in [3.63, 3.8) is 0 Å². The predicted octanol–water partition coefficient (Wildman–Crippen LogP) is 3.06. The highest BCUT2D eigenvalue weighted by Gasteiger charge is 2.24. The third-order valence-corrected chi connectivity index (χ3v) is 4.87. The minimum Gasteiger partial charge on any atom is -0.368 e. The molecule has 21 heavy (non-hydrogen) atoms. The van der Waals surface area contributed by atoms with Crippen molar-refractivity contribution in [1.29, 1.82) is 0 Å². The van der Waals surface area contributed by atoms with Gasteiger partial charge in [-0.15, -0.1) is 0 Å². The summed E-state index contributed by atoms with van der Waals surface area (Å²) in [5, 5.41) is 6.37. The molecule has 0 spiro atoms. The SMILES string of the molecule is CCNc1nccc(C(=O)NC2CCCC(SC)C2)c1F. The molecule has 1 aliphatic rings. The maximum absolute atomic E-state index is 14.2. The molecule has 2 unspecified atom stereocenters. The van der Waals surface area contributed by atoms with Crippen LogP contribution in [0.2, 0.25) is 0 Å². The Labute approximate surface area is 129 Å². The summed E-state index contributed by atoms with van der Waals surface area (Å²) in [6.45, 7) is 2.42. The molecule has 1 amide bonds. The van der Waals surface area contributed by atoms with E-state index in [4.69, 9.17) is 0 Å². The molecule has 1 fully saturated rings. The Bertz CT molecular complexity index is 498. The van der Waals surface area contributed by atoms with Crippen LogP contribution < -0.4 is 10.6 Å². The number of pyridine rings is 1. The molecule has 6 heteroatoms. The van der Waals surface area contributed by atoms with Gasteiger partial charge in [0, 0.05) is 24.0 Å².